The Morgan fingerprint density at radius 3 is 2.81 bits per heavy atom. The summed E-state index contributed by atoms with van der Waals surface area (Å²) in [4.78, 5) is 28.1. The van der Waals surface area contributed by atoms with Crippen molar-refractivity contribution in [3.63, 3.8) is 0 Å². The number of aromatic nitrogens is 4. The maximum absolute atomic E-state index is 12.6. The van der Waals surface area contributed by atoms with Gasteiger partial charge in [-0.2, -0.15) is 0 Å². The largest absolute Gasteiger partial charge is 0.454 e. The number of benzene rings is 2. The highest BCUT2D eigenvalue weighted by atomic mass is 16.5. The van der Waals surface area contributed by atoms with E-state index in [-0.39, 0.29) is 12.4 Å². The number of ether oxygens (including phenoxy) is 1. The molecule has 0 unspecified atom stereocenters. The third kappa shape index (κ3) is 2.97. The molecule has 0 aliphatic carbocycles. The zero-order chi connectivity index (χ0) is 19.0. The second-order valence-electron chi connectivity index (χ2n) is 6.28. The second kappa shape index (κ2) is 6.68. The predicted molar refractivity (Wildman–Crippen MR) is 101 cm³/mol. The summed E-state index contributed by atoms with van der Waals surface area (Å²) in [5, 5.41) is 8.89. The van der Waals surface area contributed by atoms with Crippen LogP contribution in [0.5, 0.6) is 0 Å². The summed E-state index contributed by atoms with van der Waals surface area (Å²) in [5.41, 5.74) is 4.00. The quantitative estimate of drug-likeness (QED) is 0.435. The Balaban J connectivity index is 1.52. The maximum atomic E-state index is 12.6. The van der Waals surface area contributed by atoms with Crippen LogP contribution in [-0.2, 0) is 11.3 Å². The number of aryl methyl sites for hydroxylation is 2. The van der Waals surface area contributed by atoms with Crippen LogP contribution >= 0.6 is 0 Å². The van der Waals surface area contributed by atoms with E-state index in [9.17, 15) is 9.59 Å². The number of Topliss-reactive ketones (excluding diaryl/α,β-unsaturated/α-hetero) is 1. The van der Waals surface area contributed by atoms with Gasteiger partial charge in [-0.05, 0) is 38.1 Å². The van der Waals surface area contributed by atoms with E-state index in [4.69, 9.17) is 4.74 Å². The Labute approximate surface area is 154 Å². The van der Waals surface area contributed by atoms with Crippen molar-refractivity contribution < 1.29 is 14.3 Å². The Kier molecular flexibility index (Phi) is 4.19. The molecule has 27 heavy (non-hydrogen) atoms. The average molecular weight is 362 g/mol. The van der Waals surface area contributed by atoms with Gasteiger partial charge in [0.1, 0.15) is 5.52 Å². The van der Waals surface area contributed by atoms with Crippen LogP contribution in [0.2, 0.25) is 0 Å². The van der Waals surface area contributed by atoms with Crippen molar-refractivity contribution in [3.8, 4) is 0 Å². The van der Waals surface area contributed by atoms with Crippen molar-refractivity contribution in [2.75, 3.05) is 6.61 Å². The van der Waals surface area contributed by atoms with E-state index in [1.54, 1.807) is 22.9 Å². The van der Waals surface area contributed by atoms with E-state index in [0.29, 0.717) is 23.2 Å². The number of nitrogens with one attached hydrogen (secondary N) is 1. The average Bonchev–Trinajstić information content (AvgIpc) is 3.24. The summed E-state index contributed by atoms with van der Waals surface area (Å²) >= 11 is 0. The molecular formula is C20H18N4O3. The molecule has 0 aliphatic heterocycles. The number of nitrogens with zero attached hydrogens (tertiary/aromatic N) is 3. The van der Waals surface area contributed by atoms with Crippen LogP contribution in [-0.4, -0.2) is 38.3 Å². The molecule has 0 spiro atoms. The van der Waals surface area contributed by atoms with Crippen molar-refractivity contribution in [3.05, 3.63) is 59.3 Å². The van der Waals surface area contributed by atoms with Gasteiger partial charge in [0.05, 0.1) is 11.1 Å². The van der Waals surface area contributed by atoms with Crippen LogP contribution in [0, 0.1) is 6.92 Å². The first-order valence-corrected chi connectivity index (χ1v) is 8.69. The number of carbonyl (C=O) groups excluding carboxylic acids is 2. The molecule has 4 aromatic rings. The summed E-state index contributed by atoms with van der Waals surface area (Å²) in [6.45, 7) is 4.18. The van der Waals surface area contributed by atoms with E-state index < -0.39 is 5.97 Å². The highest BCUT2D eigenvalue weighted by Crippen LogP contribution is 2.22. The van der Waals surface area contributed by atoms with E-state index in [1.165, 1.54) is 0 Å². The normalized spacial score (nSPS) is 11.2. The Morgan fingerprint density at radius 2 is 2.00 bits per heavy atom. The molecule has 1 N–H and O–H groups in total. The minimum absolute atomic E-state index is 0.240. The lowest BCUT2D eigenvalue weighted by atomic mass is 10.1. The molecule has 0 fully saturated rings. The van der Waals surface area contributed by atoms with Gasteiger partial charge in [-0.15, -0.1) is 5.10 Å². The zero-order valence-corrected chi connectivity index (χ0v) is 15.0. The van der Waals surface area contributed by atoms with Crippen molar-refractivity contribution in [2.24, 2.45) is 0 Å². The van der Waals surface area contributed by atoms with Crippen molar-refractivity contribution >= 4 is 33.7 Å². The molecule has 2 aromatic carbocycles. The molecule has 0 atom stereocenters. The molecule has 0 amide bonds. The summed E-state index contributed by atoms with van der Waals surface area (Å²) < 4.78 is 6.99. The number of hydrogen-bond donors (Lipinski definition) is 1. The number of aromatic amines is 1. The van der Waals surface area contributed by atoms with E-state index in [1.807, 2.05) is 38.1 Å². The number of esters is 1. The number of hydrogen-bond acceptors (Lipinski definition) is 5. The first-order valence-electron chi connectivity index (χ1n) is 8.69. The third-order valence-electron chi connectivity index (χ3n) is 4.56. The van der Waals surface area contributed by atoms with Crippen LogP contribution in [0.1, 0.15) is 33.3 Å². The lowest BCUT2D eigenvalue weighted by Gasteiger charge is -2.05. The molecule has 2 aromatic heterocycles. The lowest BCUT2D eigenvalue weighted by molar-refractivity contribution is 0.0475. The second-order valence-corrected chi connectivity index (χ2v) is 6.28. The molecule has 4 rings (SSSR count). The number of H-pyrrole nitrogens is 1. The number of fused-ring (bicyclic) bond motifs is 2. The van der Waals surface area contributed by atoms with E-state index in [0.717, 1.165) is 22.1 Å². The fourth-order valence-corrected chi connectivity index (χ4v) is 3.26. The van der Waals surface area contributed by atoms with Gasteiger partial charge in [-0.1, -0.05) is 23.4 Å². The molecule has 0 bridgehead atoms. The van der Waals surface area contributed by atoms with Crippen molar-refractivity contribution in [2.45, 2.75) is 20.4 Å². The van der Waals surface area contributed by atoms with Crippen LogP contribution in [0.25, 0.3) is 21.9 Å². The highest BCUT2D eigenvalue weighted by molar-refractivity contribution is 6.10. The lowest BCUT2D eigenvalue weighted by Crippen LogP contribution is -2.15. The fraction of sp³-hybridized carbons (Fsp3) is 0.200. The van der Waals surface area contributed by atoms with Crippen LogP contribution in [0.15, 0.2) is 42.5 Å². The summed E-state index contributed by atoms with van der Waals surface area (Å²) in [6.07, 6.45) is 0. The van der Waals surface area contributed by atoms with Crippen molar-refractivity contribution in [1.82, 2.24) is 20.0 Å². The van der Waals surface area contributed by atoms with E-state index in [2.05, 4.69) is 15.3 Å². The molecule has 7 nitrogen and oxygen atoms in total. The number of ketones is 1. The van der Waals surface area contributed by atoms with Crippen LogP contribution in [0.4, 0.5) is 0 Å². The summed E-state index contributed by atoms with van der Waals surface area (Å²) in [5.74, 6) is -0.801. The first-order chi connectivity index (χ1) is 13.1. The van der Waals surface area contributed by atoms with Gasteiger partial charge < -0.3 is 9.72 Å². The third-order valence-corrected chi connectivity index (χ3v) is 4.56. The van der Waals surface area contributed by atoms with Gasteiger partial charge in [-0.3, -0.25) is 4.79 Å². The minimum atomic E-state index is -0.561. The molecule has 2 heterocycles. The predicted octanol–water partition coefficient (Wildman–Crippen LogP) is 3.28. The van der Waals surface area contributed by atoms with Gasteiger partial charge >= 0.3 is 5.97 Å². The SMILES string of the molecule is CCn1nnc2cc(C(=O)OCC(=O)c3c(C)[nH]c4ccccc34)ccc21. The monoisotopic (exact) mass is 362 g/mol. The minimum Gasteiger partial charge on any atom is -0.454 e. The smallest absolute Gasteiger partial charge is 0.338 e. The number of carbonyl (C=O) groups is 2. The molecule has 0 aliphatic rings. The van der Waals surface area contributed by atoms with Crippen LogP contribution in [0.3, 0.4) is 0 Å². The summed E-state index contributed by atoms with van der Waals surface area (Å²) in [6, 6.07) is 12.6. The van der Waals surface area contributed by atoms with E-state index >= 15 is 0 Å². The van der Waals surface area contributed by atoms with Gasteiger partial charge in [0.15, 0.2) is 6.61 Å². The molecular weight excluding hydrogens is 344 g/mol. The standard InChI is InChI=1S/C20H18N4O3/c1-3-24-17-9-8-13(10-16(17)22-23-24)20(26)27-11-18(25)19-12(2)21-15-7-5-4-6-14(15)19/h4-10,21H,3,11H2,1-2H3. The number of rotatable bonds is 5. The van der Waals surface area contributed by atoms with Gasteiger partial charge in [-0.25, -0.2) is 9.48 Å². The molecule has 0 radical (unpaired) electrons. The molecule has 0 saturated heterocycles. The molecule has 7 heteroatoms. The Hall–Kier alpha value is -3.48. The topological polar surface area (TPSA) is 89.9 Å². The van der Waals surface area contributed by atoms with Crippen LogP contribution < -0.4 is 0 Å². The Morgan fingerprint density at radius 1 is 1.19 bits per heavy atom. The zero-order valence-electron chi connectivity index (χ0n) is 15.0. The fourth-order valence-electron chi connectivity index (χ4n) is 3.26. The van der Waals surface area contributed by atoms with Gasteiger partial charge in [0.2, 0.25) is 5.78 Å². The molecule has 136 valence electrons. The Bertz CT molecular complexity index is 1170. The van der Waals surface area contributed by atoms with Gasteiger partial charge in [0.25, 0.3) is 0 Å². The maximum Gasteiger partial charge on any atom is 0.338 e. The molecule has 0 saturated carbocycles. The summed E-state index contributed by atoms with van der Waals surface area (Å²) in [7, 11) is 0. The first kappa shape index (κ1) is 17.0. The van der Waals surface area contributed by atoms with Crippen molar-refractivity contribution in [1.29, 1.82) is 0 Å². The highest BCUT2D eigenvalue weighted by Gasteiger charge is 2.18. The van der Waals surface area contributed by atoms with Gasteiger partial charge in [0, 0.05) is 28.7 Å². The number of para-hydroxylation sites is 1.